The molecule has 50 heavy (non-hydrogen) atoms. The number of hydrogen-bond acceptors (Lipinski definition) is 3. The Morgan fingerprint density at radius 2 is 1.20 bits per heavy atom. The number of aromatic nitrogens is 2. The van der Waals surface area contributed by atoms with Gasteiger partial charge in [0.15, 0.2) is 5.82 Å². The number of nitrogens with zero attached hydrogens (tertiary/aromatic N) is 2. The summed E-state index contributed by atoms with van der Waals surface area (Å²) in [5.74, 6) is 3.27. The topological polar surface area (TPSA) is 35.0 Å². The fourth-order valence-corrected chi connectivity index (χ4v) is 8.78. The van der Waals surface area contributed by atoms with E-state index in [0.29, 0.717) is 11.7 Å². The number of rotatable bonds is 4. The van der Waals surface area contributed by atoms with Crippen molar-refractivity contribution in [2.45, 2.75) is 18.3 Å². The van der Waals surface area contributed by atoms with E-state index in [1.807, 2.05) is 12.1 Å². The van der Waals surface area contributed by atoms with E-state index in [2.05, 4.69) is 158 Å². The van der Waals surface area contributed by atoms with Crippen molar-refractivity contribution in [2.75, 3.05) is 0 Å². The molecule has 0 radical (unpaired) electrons. The van der Waals surface area contributed by atoms with Gasteiger partial charge < -0.3 is 4.74 Å². The molecule has 3 aliphatic carbocycles. The van der Waals surface area contributed by atoms with Crippen LogP contribution in [0.3, 0.4) is 0 Å². The maximum Gasteiger partial charge on any atom is 0.160 e. The molecule has 1 spiro atoms. The van der Waals surface area contributed by atoms with Crippen molar-refractivity contribution in [3.05, 3.63) is 192 Å². The Hall–Kier alpha value is -6.06. The summed E-state index contributed by atoms with van der Waals surface area (Å²) in [6, 6.07) is 47.0. The second kappa shape index (κ2) is 11.5. The van der Waals surface area contributed by atoms with Crippen LogP contribution in [0.25, 0.3) is 45.0 Å². The smallest absolute Gasteiger partial charge is 0.160 e. The van der Waals surface area contributed by atoms with E-state index in [0.717, 1.165) is 58.0 Å². The molecule has 0 N–H and O–H groups in total. The normalized spacial score (nSPS) is 21.0. The van der Waals surface area contributed by atoms with Crippen molar-refractivity contribution in [1.29, 1.82) is 0 Å². The van der Waals surface area contributed by atoms with Gasteiger partial charge in [-0.25, -0.2) is 9.97 Å². The summed E-state index contributed by atoms with van der Waals surface area (Å²) < 4.78 is 6.69. The highest BCUT2D eigenvalue weighted by Crippen LogP contribution is 2.65. The summed E-state index contributed by atoms with van der Waals surface area (Å²) in [5.41, 5.74) is 12.5. The second-order valence-electron chi connectivity index (χ2n) is 13.6. The van der Waals surface area contributed by atoms with Gasteiger partial charge in [0.2, 0.25) is 0 Å². The average molecular weight is 643 g/mol. The van der Waals surface area contributed by atoms with Crippen LogP contribution in [0.1, 0.15) is 24.0 Å². The Labute approximate surface area is 292 Å². The molecule has 3 atom stereocenters. The van der Waals surface area contributed by atoms with Crippen LogP contribution in [0.4, 0.5) is 0 Å². The molecule has 10 rings (SSSR count). The minimum Gasteiger partial charge on any atom is -0.457 e. The molecular weight excluding hydrogens is 609 g/mol. The molecule has 1 aliphatic heterocycles. The predicted molar refractivity (Wildman–Crippen MR) is 202 cm³/mol. The van der Waals surface area contributed by atoms with E-state index in [1.54, 1.807) is 5.57 Å². The van der Waals surface area contributed by atoms with Gasteiger partial charge in [-0.2, -0.15) is 0 Å². The van der Waals surface area contributed by atoms with E-state index in [9.17, 15) is 0 Å². The fraction of sp³-hybridized carbons (Fsp3) is 0.106. The van der Waals surface area contributed by atoms with Crippen LogP contribution in [0.2, 0.25) is 0 Å². The molecule has 3 heteroatoms. The zero-order valence-corrected chi connectivity index (χ0v) is 27.5. The summed E-state index contributed by atoms with van der Waals surface area (Å²) in [6.45, 7) is 0. The number of allylic oxidation sites excluding steroid dienone is 8. The summed E-state index contributed by atoms with van der Waals surface area (Å²) in [7, 11) is 0. The Morgan fingerprint density at radius 3 is 1.96 bits per heavy atom. The zero-order chi connectivity index (χ0) is 33.1. The lowest BCUT2D eigenvalue weighted by atomic mass is 9.60. The van der Waals surface area contributed by atoms with E-state index in [4.69, 9.17) is 14.7 Å². The summed E-state index contributed by atoms with van der Waals surface area (Å²) in [6.07, 6.45) is 16.2. The molecule has 5 aromatic carbocycles. The van der Waals surface area contributed by atoms with Crippen molar-refractivity contribution in [3.63, 3.8) is 0 Å². The van der Waals surface area contributed by atoms with E-state index >= 15 is 0 Å². The van der Waals surface area contributed by atoms with E-state index in [-0.39, 0.29) is 11.3 Å². The van der Waals surface area contributed by atoms with Crippen molar-refractivity contribution in [2.24, 2.45) is 11.8 Å². The van der Waals surface area contributed by atoms with Gasteiger partial charge in [0.1, 0.15) is 11.5 Å². The molecule has 0 saturated heterocycles. The molecule has 4 aliphatic rings. The van der Waals surface area contributed by atoms with Crippen LogP contribution in [-0.2, 0) is 5.41 Å². The first-order valence-corrected chi connectivity index (χ1v) is 17.5. The van der Waals surface area contributed by atoms with Gasteiger partial charge in [0.25, 0.3) is 0 Å². The van der Waals surface area contributed by atoms with Crippen molar-refractivity contribution in [1.82, 2.24) is 9.97 Å². The first-order chi connectivity index (χ1) is 24.8. The minimum atomic E-state index is -0.286. The summed E-state index contributed by atoms with van der Waals surface area (Å²) >= 11 is 0. The highest BCUT2D eigenvalue weighted by Gasteiger charge is 2.57. The predicted octanol–water partition coefficient (Wildman–Crippen LogP) is 11.6. The average Bonchev–Trinajstić information content (AvgIpc) is 3.49. The lowest BCUT2D eigenvalue weighted by Gasteiger charge is -2.44. The Balaban J connectivity index is 1.09. The molecule has 1 aromatic heterocycles. The molecular formula is C47H34N2O. The molecule has 3 unspecified atom stereocenters. The van der Waals surface area contributed by atoms with Gasteiger partial charge in [-0.15, -0.1) is 0 Å². The zero-order valence-electron chi connectivity index (χ0n) is 27.5. The highest BCUT2D eigenvalue weighted by molar-refractivity contribution is 5.76. The quantitative estimate of drug-likeness (QED) is 0.192. The van der Waals surface area contributed by atoms with E-state index in [1.165, 1.54) is 22.3 Å². The van der Waals surface area contributed by atoms with Gasteiger partial charge in [0.05, 0.1) is 16.8 Å². The van der Waals surface area contributed by atoms with Crippen molar-refractivity contribution < 1.29 is 4.74 Å². The van der Waals surface area contributed by atoms with Crippen molar-refractivity contribution >= 4 is 0 Å². The Kier molecular flexibility index (Phi) is 6.67. The maximum atomic E-state index is 6.69. The Morgan fingerprint density at radius 1 is 0.560 bits per heavy atom. The maximum absolute atomic E-state index is 6.69. The second-order valence-corrected chi connectivity index (χ2v) is 13.6. The third kappa shape index (κ3) is 4.43. The SMILES string of the molecule is C1=CC2C3=C(CCC=C3)C3(c4ccccc4Oc4ccc(-c5ccc(-c6nc(-c7ccccc7)cc(-c7ccccc7)n6)cc5)cc43)C2C=C1. The van der Waals surface area contributed by atoms with Crippen LogP contribution >= 0.6 is 0 Å². The molecule has 0 amide bonds. The van der Waals surface area contributed by atoms with Gasteiger partial charge in [0, 0.05) is 39.7 Å². The summed E-state index contributed by atoms with van der Waals surface area (Å²) in [5, 5.41) is 0. The molecule has 3 nitrogen and oxygen atoms in total. The van der Waals surface area contributed by atoms with E-state index < -0.39 is 0 Å². The molecule has 0 bridgehead atoms. The van der Waals surface area contributed by atoms with Crippen LogP contribution in [0.15, 0.2) is 181 Å². The fourth-order valence-electron chi connectivity index (χ4n) is 8.78. The number of ether oxygens (including phenoxy) is 1. The van der Waals surface area contributed by atoms with Crippen LogP contribution in [-0.4, -0.2) is 9.97 Å². The number of para-hydroxylation sites is 1. The molecule has 6 aromatic rings. The van der Waals surface area contributed by atoms with Gasteiger partial charge >= 0.3 is 0 Å². The third-order valence-electron chi connectivity index (χ3n) is 11.0. The molecule has 0 saturated carbocycles. The molecule has 0 fully saturated rings. The standard InChI is InChI=1S/C47H34N2O/c1-3-13-32(14-4-1)42-30-43(33-15-5-2-6-16-33)49-46(48-42)34-25-23-31(24-26-34)35-27-28-45-41(29-35)47(40-21-11-12-22-44(40)50-45)38-19-9-7-17-36(38)37-18-8-10-20-39(37)47/h1-9,11-19,21-30,36,38H,10,20H2. The van der Waals surface area contributed by atoms with Gasteiger partial charge in [-0.3, -0.25) is 0 Å². The number of benzene rings is 5. The third-order valence-corrected chi connectivity index (χ3v) is 11.0. The lowest BCUT2D eigenvalue weighted by molar-refractivity contribution is 0.354. The monoisotopic (exact) mass is 642 g/mol. The van der Waals surface area contributed by atoms with Crippen LogP contribution < -0.4 is 4.74 Å². The largest absolute Gasteiger partial charge is 0.457 e. The first kappa shape index (κ1) is 28.9. The number of hydrogen-bond donors (Lipinski definition) is 0. The summed E-state index contributed by atoms with van der Waals surface area (Å²) in [4.78, 5) is 10.1. The first-order valence-electron chi connectivity index (χ1n) is 17.5. The minimum absolute atomic E-state index is 0.286. The van der Waals surface area contributed by atoms with Crippen molar-refractivity contribution in [3.8, 4) is 56.5 Å². The van der Waals surface area contributed by atoms with Gasteiger partial charge in [-0.05, 0) is 53.8 Å². The molecule has 2 heterocycles. The molecule has 238 valence electrons. The Bertz CT molecular complexity index is 2340. The van der Waals surface area contributed by atoms with Crippen LogP contribution in [0, 0.1) is 11.8 Å². The van der Waals surface area contributed by atoms with Crippen LogP contribution in [0.5, 0.6) is 11.5 Å². The lowest BCUT2D eigenvalue weighted by Crippen LogP contribution is -2.39. The highest BCUT2D eigenvalue weighted by atomic mass is 16.5. The van der Waals surface area contributed by atoms with Gasteiger partial charge in [-0.1, -0.05) is 151 Å². The number of fused-ring (bicyclic) bond motifs is 8.